The van der Waals surface area contributed by atoms with Crippen LogP contribution in [0, 0.1) is 17.8 Å². The SMILES string of the molecule is CS(=O)(=O)CCC(N)C(=O)Nc1nnc(C23CC4CC(CC(C4)C2)C3)s1. The Hall–Kier alpha value is -1.06. The van der Waals surface area contributed by atoms with Crippen LogP contribution in [-0.2, 0) is 20.0 Å². The molecule has 1 atom stereocenters. The summed E-state index contributed by atoms with van der Waals surface area (Å²) in [5.41, 5.74) is 5.97. The van der Waals surface area contributed by atoms with Gasteiger partial charge in [-0.1, -0.05) is 11.3 Å². The van der Waals surface area contributed by atoms with E-state index in [9.17, 15) is 13.2 Å². The van der Waals surface area contributed by atoms with Crippen molar-refractivity contribution in [1.82, 2.24) is 10.2 Å². The minimum absolute atomic E-state index is 0.101. The van der Waals surface area contributed by atoms with Crippen LogP contribution >= 0.6 is 11.3 Å². The van der Waals surface area contributed by atoms with E-state index in [1.165, 1.54) is 49.9 Å². The molecule has 4 saturated carbocycles. The van der Waals surface area contributed by atoms with Gasteiger partial charge in [-0.15, -0.1) is 10.2 Å². The summed E-state index contributed by atoms with van der Waals surface area (Å²) in [5, 5.41) is 12.8. The number of hydrogen-bond donors (Lipinski definition) is 2. The molecule has 1 aromatic rings. The van der Waals surface area contributed by atoms with Gasteiger partial charge in [0.25, 0.3) is 0 Å². The second-order valence-corrected chi connectivity index (χ2v) is 11.9. The molecule has 0 aliphatic heterocycles. The van der Waals surface area contributed by atoms with Crippen LogP contribution in [0.3, 0.4) is 0 Å². The smallest absolute Gasteiger partial charge is 0.243 e. The molecular formula is C17H26N4O3S2. The second-order valence-electron chi connectivity index (χ2n) is 8.62. The lowest BCUT2D eigenvalue weighted by molar-refractivity contribution is -0.117. The van der Waals surface area contributed by atoms with E-state index < -0.39 is 21.8 Å². The predicted octanol–water partition coefficient (Wildman–Crippen LogP) is 1.71. The lowest BCUT2D eigenvalue weighted by Crippen LogP contribution is -2.48. The van der Waals surface area contributed by atoms with Crippen molar-refractivity contribution in [3.63, 3.8) is 0 Å². The maximum atomic E-state index is 12.2. The molecule has 1 heterocycles. The Balaban J connectivity index is 1.41. The zero-order valence-electron chi connectivity index (χ0n) is 15.0. The number of hydrogen-bond acceptors (Lipinski definition) is 7. The molecule has 0 radical (unpaired) electrons. The maximum absolute atomic E-state index is 12.2. The third-order valence-corrected chi connectivity index (χ3v) is 8.35. The quantitative estimate of drug-likeness (QED) is 0.754. The molecule has 5 rings (SSSR count). The van der Waals surface area contributed by atoms with E-state index in [4.69, 9.17) is 5.73 Å². The number of nitrogens with zero attached hydrogens (tertiary/aromatic N) is 2. The summed E-state index contributed by atoms with van der Waals surface area (Å²) < 4.78 is 22.4. The molecule has 0 spiro atoms. The molecule has 144 valence electrons. The van der Waals surface area contributed by atoms with Crippen molar-refractivity contribution in [1.29, 1.82) is 0 Å². The molecule has 3 N–H and O–H groups in total. The van der Waals surface area contributed by atoms with E-state index in [2.05, 4.69) is 15.5 Å². The van der Waals surface area contributed by atoms with Crippen LogP contribution in [0.4, 0.5) is 5.13 Å². The van der Waals surface area contributed by atoms with Crippen molar-refractivity contribution in [2.75, 3.05) is 17.3 Å². The standard InChI is InChI=1S/C17H26N4O3S2/c1-26(23,24)3-2-13(18)14(22)19-16-21-20-15(25-16)17-7-10-4-11(8-17)6-12(5-10)9-17/h10-13H,2-9,18H2,1H3,(H,19,21,22). The molecule has 4 bridgehead atoms. The van der Waals surface area contributed by atoms with Gasteiger partial charge in [-0.05, 0) is 62.7 Å². The summed E-state index contributed by atoms with van der Waals surface area (Å²) >= 11 is 1.46. The van der Waals surface area contributed by atoms with Crippen LogP contribution in [0.15, 0.2) is 0 Å². The molecule has 4 aliphatic carbocycles. The zero-order valence-corrected chi connectivity index (χ0v) is 16.6. The van der Waals surface area contributed by atoms with Gasteiger partial charge in [0.15, 0.2) is 0 Å². The number of anilines is 1. The van der Waals surface area contributed by atoms with Crippen LogP contribution in [0.5, 0.6) is 0 Å². The van der Waals surface area contributed by atoms with E-state index in [1.807, 2.05) is 0 Å². The maximum Gasteiger partial charge on any atom is 0.243 e. The highest BCUT2D eigenvalue weighted by Gasteiger charge is 2.53. The molecule has 7 nitrogen and oxygen atoms in total. The summed E-state index contributed by atoms with van der Waals surface area (Å²) in [5.74, 6) is 1.98. The first-order valence-electron chi connectivity index (χ1n) is 9.30. The van der Waals surface area contributed by atoms with E-state index in [-0.39, 0.29) is 17.6 Å². The molecule has 0 aromatic carbocycles. The van der Waals surface area contributed by atoms with Gasteiger partial charge in [0, 0.05) is 11.7 Å². The first-order chi connectivity index (χ1) is 12.2. The van der Waals surface area contributed by atoms with E-state index in [1.54, 1.807) is 0 Å². The summed E-state index contributed by atoms with van der Waals surface area (Å²) in [4.78, 5) is 12.2. The summed E-state index contributed by atoms with van der Waals surface area (Å²) in [6.07, 6.45) is 8.97. The first-order valence-corrected chi connectivity index (χ1v) is 12.2. The van der Waals surface area contributed by atoms with Crippen molar-refractivity contribution in [3.05, 3.63) is 5.01 Å². The van der Waals surface area contributed by atoms with Gasteiger partial charge in [0.1, 0.15) is 14.8 Å². The highest BCUT2D eigenvalue weighted by molar-refractivity contribution is 7.90. The van der Waals surface area contributed by atoms with Gasteiger partial charge in [-0.25, -0.2) is 8.42 Å². The lowest BCUT2D eigenvalue weighted by atomic mass is 9.50. The van der Waals surface area contributed by atoms with Crippen LogP contribution in [0.2, 0.25) is 0 Å². The average Bonchev–Trinajstić information content (AvgIpc) is 3.00. The number of rotatable bonds is 6. The van der Waals surface area contributed by atoms with Gasteiger partial charge in [-0.3, -0.25) is 10.1 Å². The van der Waals surface area contributed by atoms with Gasteiger partial charge in [0.2, 0.25) is 11.0 Å². The van der Waals surface area contributed by atoms with Crippen LogP contribution in [-0.4, -0.2) is 42.6 Å². The Morgan fingerprint density at radius 1 is 1.23 bits per heavy atom. The largest absolute Gasteiger partial charge is 0.320 e. The van der Waals surface area contributed by atoms with Gasteiger partial charge in [0.05, 0.1) is 11.8 Å². The third-order valence-electron chi connectivity index (χ3n) is 6.28. The highest BCUT2D eigenvalue weighted by Crippen LogP contribution is 2.61. The van der Waals surface area contributed by atoms with E-state index in [0.717, 1.165) is 29.0 Å². The monoisotopic (exact) mass is 398 g/mol. The molecule has 1 amide bonds. The lowest BCUT2D eigenvalue weighted by Gasteiger charge is -2.55. The van der Waals surface area contributed by atoms with Gasteiger partial charge >= 0.3 is 0 Å². The summed E-state index contributed by atoms with van der Waals surface area (Å²) in [7, 11) is -3.13. The average molecular weight is 399 g/mol. The Morgan fingerprint density at radius 2 is 1.81 bits per heavy atom. The summed E-state index contributed by atoms with van der Waals surface area (Å²) in [6.45, 7) is 0. The fourth-order valence-corrected chi connectivity index (χ4v) is 7.18. The third kappa shape index (κ3) is 3.66. The van der Waals surface area contributed by atoms with Crippen molar-refractivity contribution in [2.45, 2.75) is 56.4 Å². The molecular weight excluding hydrogens is 372 g/mol. The number of sulfone groups is 1. The Morgan fingerprint density at radius 3 is 2.35 bits per heavy atom. The number of nitrogens with two attached hydrogens (primary N) is 1. The van der Waals surface area contributed by atoms with Gasteiger partial charge < -0.3 is 5.73 Å². The predicted molar refractivity (Wildman–Crippen MR) is 101 cm³/mol. The highest BCUT2D eigenvalue weighted by atomic mass is 32.2. The normalized spacial score (nSPS) is 34.0. The van der Waals surface area contributed by atoms with Crippen molar-refractivity contribution < 1.29 is 13.2 Å². The van der Waals surface area contributed by atoms with Crippen molar-refractivity contribution in [3.8, 4) is 0 Å². The molecule has 9 heteroatoms. The van der Waals surface area contributed by atoms with Crippen LogP contribution in [0.25, 0.3) is 0 Å². The van der Waals surface area contributed by atoms with Gasteiger partial charge in [-0.2, -0.15) is 0 Å². The Kier molecular flexibility index (Phi) is 4.60. The molecule has 0 saturated heterocycles. The molecule has 4 aliphatic rings. The topological polar surface area (TPSA) is 115 Å². The summed E-state index contributed by atoms with van der Waals surface area (Å²) in [6, 6.07) is -0.864. The van der Waals surface area contributed by atoms with E-state index >= 15 is 0 Å². The van der Waals surface area contributed by atoms with E-state index in [0.29, 0.717) is 5.13 Å². The number of carbonyl (C=O) groups is 1. The number of aromatic nitrogens is 2. The fraction of sp³-hybridized carbons (Fsp3) is 0.824. The number of carbonyl (C=O) groups excluding carboxylic acids is 1. The first kappa shape index (κ1) is 18.3. The molecule has 4 fully saturated rings. The van der Waals surface area contributed by atoms with Crippen molar-refractivity contribution >= 4 is 32.2 Å². The molecule has 1 aromatic heterocycles. The minimum Gasteiger partial charge on any atom is -0.320 e. The van der Waals surface area contributed by atoms with Crippen molar-refractivity contribution in [2.24, 2.45) is 23.5 Å². The number of nitrogens with one attached hydrogen (secondary N) is 1. The minimum atomic E-state index is -3.13. The molecule has 26 heavy (non-hydrogen) atoms. The fourth-order valence-electron chi connectivity index (χ4n) is 5.53. The Labute approximate surface area is 158 Å². The number of amides is 1. The zero-order chi connectivity index (χ0) is 18.5. The van der Waals surface area contributed by atoms with Crippen LogP contribution in [0.1, 0.15) is 50.0 Å². The Bertz CT molecular complexity index is 769. The molecule has 1 unspecified atom stereocenters. The second kappa shape index (κ2) is 6.53. The van der Waals surface area contributed by atoms with Crippen LogP contribution < -0.4 is 11.1 Å².